The van der Waals surface area contributed by atoms with E-state index in [1.807, 2.05) is 42.5 Å². The van der Waals surface area contributed by atoms with Crippen molar-refractivity contribution in [1.29, 1.82) is 0 Å². The van der Waals surface area contributed by atoms with Gasteiger partial charge in [-0.2, -0.15) is 0 Å². The lowest BCUT2D eigenvalue weighted by Crippen LogP contribution is -2.33. The molecule has 2 heterocycles. The predicted octanol–water partition coefficient (Wildman–Crippen LogP) is 5.45. The Morgan fingerprint density at radius 2 is 1.70 bits per heavy atom. The highest BCUT2D eigenvalue weighted by Crippen LogP contribution is 2.57. The molecule has 152 valence electrons. The Balaban J connectivity index is 1.82. The van der Waals surface area contributed by atoms with Crippen LogP contribution in [0.3, 0.4) is 0 Å². The molecule has 2 aliphatic heterocycles. The Kier molecular flexibility index (Phi) is 4.29. The van der Waals surface area contributed by atoms with Crippen LogP contribution in [0.25, 0.3) is 0 Å². The van der Waals surface area contributed by atoms with Gasteiger partial charge in [0, 0.05) is 51.7 Å². The van der Waals surface area contributed by atoms with Gasteiger partial charge in [-0.25, -0.2) is 4.79 Å². The van der Waals surface area contributed by atoms with Crippen LogP contribution in [-0.2, 0) is 10.3 Å². The first-order valence-corrected chi connectivity index (χ1v) is 10.8. The highest BCUT2D eigenvalue weighted by molar-refractivity contribution is 9.10. The summed E-state index contributed by atoms with van der Waals surface area (Å²) in [4.78, 5) is 15.1. The van der Waals surface area contributed by atoms with Crippen LogP contribution in [-0.4, -0.2) is 19.1 Å². The van der Waals surface area contributed by atoms with Crippen LogP contribution in [0.15, 0.2) is 59.1 Å². The van der Waals surface area contributed by atoms with Gasteiger partial charge in [0.25, 0.3) is 0 Å². The molecule has 6 heteroatoms. The van der Waals surface area contributed by atoms with Crippen LogP contribution in [0.2, 0.25) is 0 Å². The number of rotatable bonds is 3. The highest BCUT2D eigenvalue weighted by Gasteiger charge is 2.53. The summed E-state index contributed by atoms with van der Waals surface area (Å²) in [5.41, 5.74) is 9.63. The minimum atomic E-state index is -1.09. The zero-order valence-corrected chi connectivity index (χ0v) is 18.3. The van der Waals surface area contributed by atoms with Crippen molar-refractivity contribution in [2.75, 3.05) is 23.7 Å². The van der Waals surface area contributed by atoms with Gasteiger partial charge in [-0.1, -0.05) is 18.2 Å². The molecule has 2 aliphatic rings. The summed E-state index contributed by atoms with van der Waals surface area (Å²) in [6.45, 7) is 6.01. The van der Waals surface area contributed by atoms with Crippen molar-refractivity contribution < 1.29 is 14.3 Å². The normalized spacial score (nSPS) is 18.3. The number of hydrogen-bond donors (Lipinski definition) is 1. The molecule has 0 amide bonds. The van der Waals surface area contributed by atoms with E-state index in [1.54, 1.807) is 6.07 Å². The molecule has 0 aromatic heterocycles. The summed E-state index contributed by atoms with van der Waals surface area (Å²) < 4.78 is 13.2. The van der Waals surface area contributed by atoms with Gasteiger partial charge >= 0.3 is 5.97 Å². The number of hydrogen-bond acceptors (Lipinski definition) is 5. The van der Waals surface area contributed by atoms with E-state index >= 15 is 0 Å². The molecule has 3 aromatic rings. The quantitative estimate of drug-likeness (QED) is 0.412. The molecule has 0 aliphatic carbocycles. The fourth-order valence-electron chi connectivity index (χ4n) is 4.48. The average Bonchev–Trinajstić information content (AvgIpc) is 3.04. The van der Waals surface area contributed by atoms with Crippen LogP contribution < -0.4 is 15.4 Å². The lowest BCUT2D eigenvalue weighted by Gasteiger charge is -2.37. The molecule has 1 atom stereocenters. The third-order valence-electron chi connectivity index (χ3n) is 5.94. The van der Waals surface area contributed by atoms with E-state index in [-0.39, 0.29) is 5.97 Å². The number of carbonyl (C=O) groups excluding carboxylic acids is 1. The topological polar surface area (TPSA) is 64.8 Å². The molecule has 30 heavy (non-hydrogen) atoms. The smallest absolute Gasteiger partial charge is 0.340 e. The lowest BCUT2D eigenvalue weighted by molar-refractivity contribution is 0.0224. The summed E-state index contributed by atoms with van der Waals surface area (Å²) in [7, 11) is 0. The monoisotopic (exact) mass is 464 g/mol. The molecule has 1 spiro atoms. The first kappa shape index (κ1) is 19.0. The average molecular weight is 465 g/mol. The van der Waals surface area contributed by atoms with Gasteiger partial charge in [0.1, 0.15) is 11.5 Å². The summed E-state index contributed by atoms with van der Waals surface area (Å²) >= 11 is 3.49. The number of nitrogen functional groups attached to an aromatic ring is 1. The number of nitrogens with zero attached hydrogens (tertiary/aromatic N) is 1. The van der Waals surface area contributed by atoms with E-state index in [2.05, 4.69) is 40.7 Å². The maximum atomic E-state index is 12.9. The minimum Gasteiger partial charge on any atom is -0.456 e. The number of benzene rings is 3. The Morgan fingerprint density at radius 1 is 0.967 bits per heavy atom. The Hall–Kier alpha value is -2.99. The van der Waals surface area contributed by atoms with Crippen LogP contribution in [0, 0.1) is 0 Å². The third-order valence-corrected chi connectivity index (χ3v) is 6.63. The highest BCUT2D eigenvalue weighted by atomic mass is 79.9. The second-order valence-corrected chi connectivity index (χ2v) is 8.30. The van der Waals surface area contributed by atoms with Gasteiger partial charge in [-0.15, -0.1) is 0 Å². The molecule has 0 fully saturated rings. The fraction of sp³-hybridized carbons (Fsp3) is 0.208. The second-order valence-electron chi connectivity index (χ2n) is 7.44. The Morgan fingerprint density at radius 3 is 2.47 bits per heavy atom. The molecule has 0 saturated heterocycles. The first-order valence-electron chi connectivity index (χ1n) is 9.99. The molecular formula is C24H21BrN2O3. The minimum absolute atomic E-state index is 0.348. The van der Waals surface area contributed by atoms with E-state index < -0.39 is 5.60 Å². The Labute approximate surface area is 183 Å². The van der Waals surface area contributed by atoms with Gasteiger partial charge < -0.3 is 20.1 Å². The van der Waals surface area contributed by atoms with Crippen molar-refractivity contribution in [3.8, 4) is 11.5 Å². The molecule has 2 N–H and O–H groups in total. The largest absolute Gasteiger partial charge is 0.456 e. The zero-order chi connectivity index (χ0) is 21.0. The van der Waals surface area contributed by atoms with Crippen molar-refractivity contribution in [3.63, 3.8) is 0 Å². The van der Waals surface area contributed by atoms with Crippen LogP contribution in [0.5, 0.6) is 11.5 Å². The molecular weight excluding hydrogens is 444 g/mol. The van der Waals surface area contributed by atoms with Crippen molar-refractivity contribution in [2.45, 2.75) is 19.4 Å². The van der Waals surface area contributed by atoms with Crippen molar-refractivity contribution in [3.05, 3.63) is 81.3 Å². The van der Waals surface area contributed by atoms with E-state index in [0.29, 0.717) is 22.7 Å². The van der Waals surface area contributed by atoms with Crippen LogP contribution >= 0.6 is 15.9 Å². The molecule has 3 aromatic carbocycles. The molecule has 5 rings (SSSR count). The standard InChI is InChI=1S/C24H21BrN2O3/c1-3-27(4-2)14-9-10-17-21(11-14)29-22-13-19(25)20(26)12-18(22)24(17)16-8-6-5-7-15(16)23(28)30-24/h5-13H,3-4,26H2,1-2H3. The number of halogens is 1. The van der Waals surface area contributed by atoms with Gasteiger partial charge in [0.05, 0.1) is 5.56 Å². The summed E-state index contributed by atoms with van der Waals surface area (Å²) in [5.74, 6) is 0.941. The lowest BCUT2D eigenvalue weighted by atomic mass is 9.77. The number of esters is 1. The molecule has 5 nitrogen and oxygen atoms in total. The summed E-state index contributed by atoms with van der Waals surface area (Å²) in [5, 5.41) is 0. The van der Waals surface area contributed by atoms with Gasteiger partial charge in [-0.05, 0) is 60.1 Å². The first-order chi connectivity index (χ1) is 14.5. The number of nitrogens with two attached hydrogens (primary N) is 1. The SMILES string of the molecule is CCN(CC)c1ccc2c(c1)Oc1cc(Br)c(N)cc1C21OC(=O)c2ccccc21. The van der Waals surface area contributed by atoms with Crippen molar-refractivity contribution in [1.82, 2.24) is 0 Å². The van der Waals surface area contributed by atoms with Gasteiger partial charge in [-0.3, -0.25) is 0 Å². The Bertz CT molecular complexity index is 1190. The van der Waals surface area contributed by atoms with E-state index in [0.717, 1.165) is 39.9 Å². The summed E-state index contributed by atoms with van der Waals surface area (Å²) in [6, 6.07) is 17.3. The number of carbonyl (C=O) groups is 1. The number of ether oxygens (including phenoxy) is 2. The maximum Gasteiger partial charge on any atom is 0.340 e. The fourth-order valence-corrected chi connectivity index (χ4v) is 4.81. The zero-order valence-electron chi connectivity index (χ0n) is 16.7. The molecule has 1 unspecified atom stereocenters. The molecule has 0 saturated carbocycles. The molecule has 0 radical (unpaired) electrons. The maximum absolute atomic E-state index is 12.9. The summed E-state index contributed by atoms with van der Waals surface area (Å²) in [6.07, 6.45) is 0. The van der Waals surface area contributed by atoms with Crippen molar-refractivity contribution >= 4 is 33.3 Å². The van der Waals surface area contributed by atoms with Crippen LogP contribution in [0.1, 0.15) is 40.9 Å². The van der Waals surface area contributed by atoms with E-state index in [9.17, 15) is 4.79 Å². The molecule has 0 bridgehead atoms. The number of fused-ring (bicyclic) bond motifs is 6. The van der Waals surface area contributed by atoms with Gasteiger partial charge in [0.15, 0.2) is 5.60 Å². The van der Waals surface area contributed by atoms with Crippen LogP contribution in [0.4, 0.5) is 11.4 Å². The third kappa shape index (κ3) is 2.50. The van der Waals surface area contributed by atoms with Gasteiger partial charge in [0.2, 0.25) is 0 Å². The second kappa shape index (κ2) is 6.77. The van der Waals surface area contributed by atoms with Crippen molar-refractivity contribution in [2.24, 2.45) is 0 Å². The van der Waals surface area contributed by atoms with E-state index in [1.165, 1.54) is 0 Å². The van der Waals surface area contributed by atoms with E-state index in [4.69, 9.17) is 15.2 Å². The predicted molar refractivity (Wildman–Crippen MR) is 120 cm³/mol. The number of anilines is 2.